The number of hydrogen-bond acceptors (Lipinski definition) is 5. The Morgan fingerprint density at radius 1 is 1.41 bits per heavy atom. The number of nitrogens with one attached hydrogen (secondary N) is 1. The fourth-order valence-corrected chi connectivity index (χ4v) is 2.56. The van der Waals surface area contributed by atoms with E-state index in [2.05, 4.69) is 21.2 Å². The standard InChI is InChI=1S/C14H16BrNO6/c1-14(7-20-2,13(18)19)16-12(17)8-5-9(15)11-10(6-8)21-3-4-22-11/h5-6H,3-4,7H2,1-2H3,(H,16,17)(H,18,19). The SMILES string of the molecule is COCC(C)(NC(=O)c1cc(Br)c2c(c1)OCCO2)C(=O)O. The molecule has 1 unspecified atom stereocenters. The van der Waals surface area contributed by atoms with Gasteiger partial charge in [-0.25, -0.2) is 4.79 Å². The number of carboxylic acid groups (broad SMARTS) is 1. The van der Waals surface area contributed by atoms with Crippen LogP contribution in [0.25, 0.3) is 0 Å². The lowest BCUT2D eigenvalue weighted by atomic mass is 10.0. The van der Waals surface area contributed by atoms with Crippen LogP contribution in [0.1, 0.15) is 17.3 Å². The summed E-state index contributed by atoms with van der Waals surface area (Å²) >= 11 is 3.31. The summed E-state index contributed by atoms with van der Waals surface area (Å²) in [6.07, 6.45) is 0. The van der Waals surface area contributed by atoms with Crippen LogP contribution >= 0.6 is 15.9 Å². The van der Waals surface area contributed by atoms with E-state index in [9.17, 15) is 14.7 Å². The molecule has 22 heavy (non-hydrogen) atoms. The summed E-state index contributed by atoms with van der Waals surface area (Å²) in [6.45, 7) is 2.05. The van der Waals surface area contributed by atoms with E-state index in [-0.39, 0.29) is 12.2 Å². The van der Waals surface area contributed by atoms with Gasteiger partial charge in [-0.1, -0.05) is 0 Å². The predicted octanol–water partition coefficient (Wildman–Crippen LogP) is 1.44. The molecule has 0 saturated heterocycles. The van der Waals surface area contributed by atoms with Gasteiger partial charge in [0.15, 0.2) is 17.0 Å². The zero-order valence-corrected chi connectivity index (χ0v) is 13.7. The van der Waals surface area contributed by atoms with Crippen LogP contribution in [-0.4, -0.2) is 49.5 Å². The lowest BCUT2D eigenvalue weighted by Crippen LogP contribution is -2.55. The van der Waals surface area contributed by atoms with Crippen LogP contribution in [0.4, 0.5) is 0 Å². The average molecular weight is 374 g/mol. The van der Waals surface area contributed by atoms with E-state index < -0.39 is 17.4 Å². The third kappa shape index (κ3) is 3.33. The molecule has 1 atom stereocenters. The number of carboxylic acids is 1. The summed E-state index contributed by atoms with van der Waals surface area (Å²) < 4.78 is 16.3. The molecular formula is C14H16BrNO6. The van der Waals surface area contributed by atoms with Crippen molar-refractivity contribution in [3.8, 4) is 11.5 Å². The molecule has 1 aromatic rings. The van der Waals surface area contributed by atoms with Gasteiger partial charge in [-0.2, -0.15) is 0 Å². The van der Waals surface area contributed by atoms with Gasteiger partial charge in [0.05, 0.1) is 11.1 Å². The molecule has 120 valence electrons. The van der Waals surface area contributed by atoms with Crippen molar-refractivity contribution in [1.29, 1.82) is 0 Å². The third-order valence-electron chi connectivity index (χ3n) is 3.15. The van der Waals surface area contributed by atoms with Gasteiger partial charge in [0.1, 0.15) is 13.2 Å². The lowest BCUT2D eigenvalue weighted by Gasteiger charge is -2.26. The Labute approximate surface area is 135 Å². The van der Waals surface area contributed by atoms with Crippen LogP contribution in [0.15, 0.2) is 16.6 Å². The second-order valence-electron chi connectivity index (χ2n) is 5.01. The van der Waals surface area contributed by atoms with E-state index in [1.54, 1.807) is 6.07 Å². The zero-order chi connectivity index (χ0) is 16.3. The van der Waals surface area contributed by atoms with Gasteiger partial charge in [0.2, 0.25) is 0 Å². The Kier molecular flexibility index (Phi) is 4.92. The number of halogens is 1. The molecule has 0 spiro atoms. The Morgan fingerprint density at radius 3 is 2.73 bits per heavy atom. The Balaban J connectivity index is 2.26. The number of fused-ring (bicyclic) bond motifs is 1. The van der Waals surface area contributed by atoms with Gasteiger partial charge in [0, 0.05) is 12.7 Å². The number of carbonyl (C=O) groups excluding carboxylic acids is 1. The molecular weight excluding hydrogens is 358 g/mol. The molecule has 0 aliphatic carbocycles. The summed E-state index contributed by atoms with van der Waals surface area (Å²) in [5.74, 6) is -0.755. The third-order valence-corrected chi connectivity index (χ3v) is 3.74. The van der Waals surface area contributed by atoms with Crippen molar-refractivity contribution < 1.29 is 28.9 Å². The molecule has 2 rings (SSSR count). The van der Waals surface area contributed by atoms with Crippen molar-refractivity contribution in [2.24, 2.45) is 0 Å². The van der Waals surface area contributed by atoms with Crippen LogP contribution in [0.3, 0.4) is 0 Å². The maximum absolute atomic E-state index is 12.3. The van der Waals surface area contributed by atoms with Crippen LogP contribution in [0.5, 0.6) is 11.5 Å². The first kappa shape index (κ1) is 16.6. The monoisotopic (exact) mass is 373 g/mol. The van der Waals surface area contributed by atoms with Gasteiger partial charge in [-0.15, -0.1) is 0 Å². The largest absolute Gasteiger partial charge is 0.486 e. The first-order valence-corrected chi connectivity index (χ1v) is 7.30. The van der Waals surface area contributed by atoms with Crippen molar-refractivity contribution in [3.05, 3.63) is 22.2 Å². The summed E-state index contributed by atoms with van der Waals surface area (Å²) in [4.78, 5) is 23.7. The average Bonchev–Trinajstić information content (AvgIpc) is 2.47. The number of carbonyl (C=O) groups is 2. The fourth-order valence-electron chi connectivity index (χ4n) is 2.00. The molecule has 7 nitrogen and oxygen atoms in total. The minimum atomic E-state index is -1.52. The van der Waals surface area contributed by atoms with E-state index >= 15 is 0 Å². The number of rotatable bonds is 5. The Hall–Kier alpha value is -1.80. The minimum Gasteiger partial charge on any atom is -0.486 e. The maximum atomic E-state index is 12.3. The Bertz CT molecular complexity index is 605. The first-order chi connectivity index (χ1) is 10.4. The number of hydrogen-bond donors (Lipinski definition) is 2. The smallest absolute Gasteiger partial charge is 0.331 e. The normalized spacial score (nSPS) is 15.8. The first-order valence-electron chi connectivity index (χ1n) is 6.51. The van der Waals surface area contributed by atoms with Crippen LogP contribution in [-0.2, 0) is 9.53 Å². The summed E-state index contributed by atoms with van der Waals surface area (Å²) in [5.41, 5.74) is -1.26. The molecule has 1 amide bonds. The molecule has 8 heteroatoms. The quantitative estimate of drug-likeness (QED) is 0.810. The van der Waals surface area contributed by atoms with Gasteiger partial charge >= 0.3 is 5.97 Å². The minimum absolute atomic E-state index is 0.153. The number of ether oxygens (including phenoxy) is 3. The summed E-state index contributed by atoms with van der Waals surface area (Å²) in [5, 5.41) is 11.7. The van der Waals surface area contributed by atoms with E-state index in [0.717, 1.165) is 0 Å². The number of amides is 1. The molecule has 0 saturated carbocycles. The lowest BCUT2D eigenvalue weighted by molar-refractivity contribution is -0.145. The highest BCUT2D eigenvalue weighted by molar-refractivity contribution is 9.10. The number of methoxy groups -OCH3 is 1. The van der Waals surface area contributed by atoms with Gasteiger partial charge in [-0.05, 0) is 35.0 Å². The number of benzene rings is 1. The predicted molar refractivity (Wildman–Crippen MR) is 80.5 cm³/mol. The van der Waals surface area contributed by atoms with Crippen molar-refractivity contribution in [2.75, 3.05) is 26.9 Å². The maximum Gasteiger partial charge on any atom is 0.331 e. The molecule has 0 radical (unpaired) electrons. The van der Waals surface area contributed by atoms with E-state index in [1.807, 2.05) is 0 Å². The van der Waals surface area contributed by atoms with Gasteiger partial charge in [0.25, 0.3) is 5.91 Å². The molecule has 0 bridgehead atoms. The van der Waals surface area contributed by atoms with Gasteiger partial charge < -0.3 is 24.6 Å². The second kappa shape index (κ2) is 6.53. The highest BCUT2D eigenvalue weighted by Gasteiger charge is 2.35. The second-order valence-corrected chi connectivity index (χ2v) is 5.86. The van der Waals surface area contributed by atoms with Crippen LogP contribution in [0, 0.1) is 0 Å². The van der Waals surface area contributed by atoms with Crippen molar-refractivity contribution in [3.63, 3.8) is 0 Å². The van der Waals surface area contributed by atoms with E-state index in [1.165, 1.54) is 20.1 Å². The van der Waals surface area contributed by atoms with E-state index in [4.69, 9.17) is 14.2 Å². The number of aliphatic carboxylic acids is 1. The molecule has 1 aliphatic rings. The van der Waals surface area contributed by atoms with Gasteiger partial charge in [-0.3, -0.25) is 4.79 Å². The van der Waals surface area contributed by atoms with Crippen molar-refractivity contribution in [1.82, 2.24) is 5.32 Å². The molecule has 1 aliphatic heterocycles. The highest BCUT2D eigenvalue weighted by Crippen LogP contribution is 2.38. The topological polar surface area (TPSA) is 94.1 Å². The molecule has 0 aromatic heterocycles. The Morgan fingerprint density at radius 2 is 2.09 bits per heavy atom. The molecule has 2 N–H and O–H groups in total. The summed E-state index contributed by atoms with van der Waals surface area (Å²) in [6, 6.07) is 3.07. The van der Waals surface area contributed by atoms with Crippen molar-refractivity contribution in [2.45, 2.75) is 12.5 Å². The highest BCUT2D eigenvalue weighted by atomic mass is 79.9. The summed E-state index contributed by atoms with van der Waals surface area (Å²) in [7, 11) is 1.37. The van der Waals surface area contributed by atoms with E-state index in [0.29, 0.717) is 29.2 Å². The van der Waals surface area contributed by atoms with Crippen LogP contribution in [0.2, 0.25) is 0 Å². The molecule has 1 heterocycles. The zero-order valence-electron chi connectivity index (χ0n) is 12.1. The van der Waals surface area contributed by atoms with Crippen molar-refractivity contribution >= 4 is 27.8 Å². The molecule has 0 fully saturated rings. The molecule has 1 aromatic carbocycles. The fraction of sp³-hybridized carbons (Fsp3) is 0.429. The van der Waals surface area contributed by atoms with Crippen LogP contribution < -0.4 is 14.8 Å².